The predicted molar refractivity (Wildman–Crippen MR) is 132 cm³/mol. The van der Waals surface area contributed by atoms with Crippen LogP contribution in [-0.4, -0.2) is 71.9 Å². The van der Waals surface area contributed by atoms with Gasteiger partial charge in [0.1, 0.15) is 12.3 Å². The second-order valence-corrected chi connectivity index (χ2v) is 9.03. The molecule has 1 aliphatic heterocycles. The van der Waals surface area contributed by atoms with Crippen LogP contribution in [0.25, 0.3) is 10.9 Å². The fraction of sp³-hybridized carbons (Fsp3) is 0.385. The maximum Gasteiger partial charge on any atom is 0.417 e. The van der Waals surface area contributed by atoms with E-state index in [0.29, 0.717) is 12.6 Å². The molecule has 0 N–H and O–H groups in total. The van der Waals surface area contributed by atoms with Gasteiger partial charge in [-0.1, -0.05) is 0 Å². The number of anilines is 1. The van der Waals surface area contributed by atoms with E-state index >= 15 is 0 Å². The van der Waals surface area contributed by atoms with Crippen molar-refractivity contribution in [2.75, 3.05) is 38.7 Å². The number of likely N-dealkylation sites (tertiary alicyclic amines) is 1. The molecule has 4 rings (SSSR count). The van der Waals surface area contributed by atoms with Gasteiger partial charge >= 0.3 is 6.18 Å². The number of carbonyl (C=O) groups is 2. The maximum absolute atomic E-state index is 13.0. The molecule has 1 aromatic carbocycles. The highest BCUT2D eigenvalue weighted by Crippen LogP contribution is 2.31. The molecule has 2 aromatic heterocycles. The summed E-state index contributed by atoms with van der Waals surface area (Å²) in [6, 6.07) is 8.62. The monoisotopic (exact) mass is 515 g/mol. The molecule has 3 heterocycles. The molecule has 0 spiro atoms. The molecule has 1 fully saturated rings. The molecule has 0 aliphatic carbocycles. The molecule has 3 aromatic rings. The number of pyridine rings is 2. The number of halogens is 3. The maximum atomic E-state index is 13.0. The van der Waals surface area contributed by atoms with Gasteiger partial charge in [-0.15, -0.1) is 0 Å². The Bertz CT molecular complexity index is 1260. The smallest absolute Gasteiger partial charge is 0.417 e. The van der Waals surface area contributed by atoms with Crippen molar-refractivity contribution in [3.63, 3.8) is 0 Å². The normalized spacial score (nSPS) is 14.9. The number of methoxy groups -OCH3 is 1. The highest BCUT2D eigenvalue weighted by atomic mass is 19.4. The summed E-state index contributed by atoms with van der Waals surface area (Å²) in [7, 11) is 3.29. The van der Waals surface area contributed by atoms with Crippen LogP contribution in [0.5, 0.6) is 5.75 Å². The second-order valence-electron chi connectivity index (χ2n) is 9.03. The number of hydrogen-bond acceptors (Lipinski definition) is 6. The lowest BCUT2D eigenvalue weighted by Crippen LogP contribution is -2.48. The van der Waals surface area contributed by atoms with Crippen LogP contribution in [0.15, 0.2) is 48.9 Å². The average Bonchev–Trinajstić information content (AvgIpc) is 2.91. The van der Waals surface area contributed by atoms with E-state index in [2.05, 4.69) is 14.9 Å². The first kappa shape index (κ1) is 26.3. The number of likely N-dealkylation sites (N-methyl/N-ethyl adjacent to an activating group) is 1. The van der Waals surface area contributed by atoms with Crippen LogP contribution in [0.3, 0.4) is 0 Å². The van der Waals surface area contributed by atoms with E-state index in [1.807, 2.05) is 24.3 Å². The van der Waals surface area contributed by atoms with Crippen LogP contribution >= 0.6 is 0 Å². The van der Waals surface area contributed by atoms with Crippen molar-refractivity contribution in [2.24, 2.45) is 0 Å². The number of fused-ring (bicyclic) bond motifs is 1. The Morgan fingerprint density at radius 2 is 1.95 bits per heavy atom. The van der Waals surface area contributed by atoms with Crippen LogP contribution < -0.4 is 9.64 Å². The first-order valence-electron chi connectivity index (χ1n) is 11.8. The van der Waals surface area contributed by atoms with Crippen LogP contribution in [0, 0.1) is 0 Å². The molecule has 1 aliphatic rings. The minimum absolute atomic E-state index is 0.0321. The molecule has 0 radical (unpaired) electrons. The minimum Gasteiger partial charge on any atom is -0.497 e. The third kappa shape index (κ3) is 6.16. The van der Waals surface area contributed by atoms with E-state index in [-0.39, 0.29) is 24.2 Å². The van der Waals surface area contributed by atoms with E-state index in [1.165, 1.54) is 0 Å². The fourth-order valence-corrected chi connectivity index (χ4v) is 4.55. The van der Waals surface area contributed by atoms with E-state index in [0.717, 1.165) is 71.9 Å². The quantitative estimate of drug-likeness (QED) is 0.426. The summed E-state index contributed by atoms with van der Waals surface area (Å²) in [5, 5.41) is 1.07. The zero-order chi connectivity index (χ0) is 26.6. The summed E-state index contributed by atoms with van der Waals surface area (Å²) in [4.78, 5) is 37.3. The summed E-state index contributed by atoms with van der Waals surface area (Å²) in [6.07, 6.45) is 0.835. The molecule has 0 atom stereocenters. The zero-order valence-electron chi connectivity index (χ0n) is 20.6. The van der Waals surface area contributed by atoms with E-state index in [4.69, 9.17) is 4.74 Å². The average molecular weight is 516 g/mol. The van der Waals surface area contributed by atoms with Crippen molar-refractivity contribution < 1.29 is 27.5 Å². The van der Waals surface area contributed by atoms with Gasteiger partial charge in [0, 0.05) is 56.6 Å². The number of aromatic nitrogens is 2. The predicted octanol–water partition coefficient (Wildman–Crippen LogP) is 3.74. The van der Waals surface area contributed by atoms with E-state index in [9.17, 15) is 22.8 Å². The Morgan fingerprint density at radius 1 is 1.19 bits per heavy atom. The molecule has 37 heavy (non-hydrogen) atoms. The lowest BCUT2D eigenvalue weighted by atomic mass is 10.0. The van der Waals surface area contributed by atoms with Crippen molar-refractivity contribution in [3.8, 4) is 5.75 Å². The van der Waals surface area contributed by atoms with E-state index in [1.54, 1.807) is 25.3 Å². The summed E-state index contributed by atoms with van der Waals surface area (Å²) in [5.74, 6) is 0.403. The van der Waals surface area contributed by atoms with Crippen molar-refractivity contribution >= 4 is 28.9 Å². The van der Waals surface area contributed by atoms with Gasteiger partial charge in [-0.05, 0) is 42.7 Å². The molecule has 2 amide bonds. The largest absolute Gasteiger partial charge is 0.497 e. The third-order valence-corrected chi connectivity index (χ3v) is 6.75. The van der Waals surface area contributed by atoms with Crippen LogP contribution in [-0.2, 0) is 22.3 Å². The topological polar surface area (TPSA) is 78.9 Å². The molecule has 8 nitrogen and oxygen atoms in total. The molecule has 196 valence electrons. The fourth-order valence-electron chi connectivity index (χ4n) is 4.55. The number of piperidine rings is 1. The van der Waals surface area contributed by atoms with Gasteiger partial charge in [0.25, 0.3) is 0 Å². The lowest BCUT2D eigenvalue weighted by Gasteiger charge is -2.37. The zero-order valence-corrected chi connectivity index (χ0v) is 20.6. The number of ether oxygens (including phenoxy) is 1. The van der Waals surface area contributed by atoms with Gasteiger partial charge in [-0.2, -0.15) is 13.2 Å². The molecule has 0 saturated carbocycles. The summed E-state index contributed by atoms with van der Waals surface area (Å²) < 4.78 is 44.3. The van der Waals surface area contributed by atoms with Gasteiger partial charge in [-0.25, -0.2) is 0 Å². The Labute approximate surface area is 212 Å². The van der Waals surface area contributed by atoms with Crippen LogP contribution in [0.4, 0.5) is 18.9 Å². The Morgan fingerprint density at radius 3 is 2.62 bits per heavy atom. The summed E-state index contributed by atoms with van der Waals surface area (Å²) >= 11 is 0. The first-order valence-corrected chi connectivity index (χ1v) is 11.8. The highest BCUT2D eigenvalue weighted by Gasteiger charge is 2.32. The number of amides is 2. The molecular formula is C26H28F3N5O3. The molecule has 0 bridgehead atoms. The van der Waals surface area contributed by atoms with Gasteiger partial charge in [-0.3, -0.25) is 24.5 Å². The lowest BCUT2D eigenvalue weighted by molar-refractivity contribution is -0.137. The Balaban J connectivity index is 1.34. The molecule has 1 saturated heterocycles. The number of hydrogen-bond donors (Lipinski definition) is 0. The summed E-state index contributed by atoms with van der Waals surface area (Å²) in [6.45, 7) is 1.93. The van der Waals surface area contributed by atoms with Crippen molar-refractivity contribution in [1.29, 1.82) is 0 Å². The van der Waals surface area contributed by atoms with Gasteiger partial charge in [0.2, 0.25) is 12.3 Å². The van der Waals surface area contributed by atoms with Crippen molar-refractivity contribution in [3.05, 3.63) is 60.0 Å². The highest BCUT2D eigenvalue weighted by molar-refractivity contribution is 5.88. The molecule has 11 heteroatoms. The molecular weight excluding hydrogens is 487 g/mol. The van der Waals surface area contributed by atoms with Gasteiger partial charge < -0.3 is 14.5 Å². The minimum atomic E-state index is -4.60. The summed E-state index contributed by atoms with van der Waals surface area (Å²) in [5.41, 5.74) is 0.967. The van der Waals surface area contributed by atoms with Crippen molar-refractivity contribution in [2.45, 2.75) is 31.6 Å². The van der Waals surface area contributed by atoms with Crippen LogP contribution in [0.1, 0.15) is 24.0 Å². The van der Waals surface area contributed by atoms with Crippen LogP contribution in [0.2, 0.25) is 0 Å². The number of benzene rings is 1. The SMILES string of the molecule is COc1ccc2c(CN3CCC(N(C)C(=O)CN(C=O)c4cncc(C(F)(F)F)c4)CC3)ccnc2c1. The van der Waals surface area contributed by atoms with E-state index < -0.39 is 11.7 Å². The second kappa shape index (κ2) is 11.1. The number of rotatable bonds is 8. The third-order valence-electron chi connectivity index (χ3n) is 6.75. The number of nitrogens with zero attached hydrogens (tertiary/aromatic N) is 5. The first-order chi connectivity index (χ1) is 17.7. The van der Waals surface area contributed by atoms with Gasteiger partial charge in [0.05, 0.1) is 30.1 Å². The number of carbonyl (C=O) groups excluding carboxylic acids is 2. The Hall–Kier alpha value is -3.73. The van der Waals surface area contributed by atoms with Gasteiger partial charge in [0.15, 0.2) is 0 Å². The van der Waals surface area contributed by atoms with Crippen molar-refractivity contribution in [1.82, 2.24) is 19.8 Å². The molecule has 0 unspecified atom stereocenters. The number of alkyl halides is 3. The standard InChI is InChI=1S/C26H28F3N5O3/c1-32(25(36)16-34(17-35)21-11-19(13-30-14-21)26(27,28)29)20-6-9-33(10-7-20)15-18-5-8-31-24-12-22(37-2)3-4-23(18)24/h3-5,8,11-14,17,20H,6-7,9-10,15-16H2,1-2H3. The Kier molecular flexibility index (Phi) is 7.91.